The second-order valence-corrected chi connectivity index (χ2v) is 22.7. The SMILES string of the molecule is CCCCCCC/C=C\C/C=C\C/C=C\CCCCCCCCCCCCCCCCCCCCC(=O)OCC(COC(=O)CCCCCCCCC)OC(=O)CCCCCCCCCCCCCCCCCCC. The molecule has 0 radical (unpaired) electrons. The van der Waals surface area contributed by atoms with Crippen LogP contribution in [-0.4, -0.2) is 37.2 Å². The van der Waals surface area contributed by atoms with E-state index in [9.17, 15) is 14.4 Å². The molecule has 0 saturated heterocycles. The molecule has 6 nitrogen and oxygen atoms in total. The molecule has 1 atom stereocenters. The third-order valence-electron chi connectivity index (χ3n) is 15.1. The minimum atomic E-state index is -0.765. The van der Waals surface area contributed by atoms with E-state index in [1.165, 1.54) is 257 Å². The van der Waals surface area contributed by atoms with Crippen molar-refractivity contribution < 1.29 is 28.6 Å². The molecule has 1 unspecified atom stereocenters. The molecule has 75 heavy (non-hydrogen) atoms. The van der Waals surface area contributed by atoms with E-state index in [0.717, 1.165) is 70.6 Å². The van der Waals surface area contributed by atoms with Crippen LogP contribution in [-0.2, 0) is 28.6 Å². The van der Waals surface area contributed by atoms with Crippen LogP contribution in [0.15, 0.2) is 36.5 Å². The zero-order chi connectivity index (χ0) is 54.3. The molecule has 6 heteroatoms. The largest absolute Gasteiger partial charge is 0.462 e. The lowest BCUT2D eigenvalue weighted by atomic mass is 10.0. The average Bonchev–Trinajstić information content (AvgIpc) is 3.41. The molecule has 0 aliphatic carbocycles. The van der Waals surface area contributed by atoms with Crippen LogP contribution in [0, 0.1) is 0 Å². The molecular weight excluding hydrogens is 925 g/mol. The molecule has 0 N–H and O–H groups in total. The highest BCUT2D eigenvalue weighted by atomic mass is 16.6. The van der Waals surface area contributed by atoms with E-state index < -0.39 is 6.10 Å². The second kappa shape index (κ2) is 64.2. The Hall–Kier alpha value is -2.37. The van der Waals surface area contributed by atoms with Crippen molar-refractivity contribution in [3.8, 4) is 0 Å². The van der Waals surface area contributed by atoms with Gasteiger partial charge in [0.1, 0.15) is 13.2 Å². The first-order valence-corrected chi connectivity index (χ1v) is 33.5. The fraction of sp³-hybridized carbons (Fsp3) is 0.870. The van der Waals surface area contributed by atoms with Crippen LogP contribution in [0.5, 0.6) is 0 Å². The lowest BCUT2D eigenvalue weighted by molar-refractivity contribution is -0.167. The molecule has 0 aliphatic rings. The van der Waals surface area contributed by atoms with Gasteiger partial charge in [-0.2, -0.15) is 0 Å². The Balaban J connectivity index is 3.97. The summed E-state index contributed by atoms with van der Waals surface area (Å²) in [6.07, 6.45) is 79.1. The van der Waals surface area contributed by atoms with E-state index in [2.05, 4.69) is 57.2 Å². The molecule has 0 fully saturated rings. The monoisotopic (exact) mass is 1050 g/mol. The van der Waals surface area contributed by atoms with E-state index in [1.54, 1.807) is 0 Å². The highest BCUT2D eigenvalue weighted by molar-refractivity contribution is 5.71. The van der Waals surface area contributed by atoms with Gasteiger partial charge in [-0.25, -0.2) is 0 Å². The fourth-order valence-electron chi connectivity index (χ4n) is 10.1. The summed E-state index contributed by atoms with van der Waals surface area (Å²) < 4.78 is 16.9. The molecular formula is C69H128O6. The Bertz CT molecular complexity index is 1250. The van der Waals surface area contributed by atoms with Gasteiger partial charge in [-0.15, -0.1) is 0 Å². The Morgan fingerprint density at radius 1 is 0.267 bits per heavy atom. The molecule has 0 aromatic heterocycles. The number of ether oxygens (including phenoxy) is 3. The van der Waals surface area contributed by atoms with E-state index in [4.69, 9.17) is 14.2 Å². The van der Waals surface area contributed by atoms with Crippen LogP contribution in [0.3, 0.4) is 0 Å². The Kier molecular flexibility index (Phi) is 62.1. The average molecular weight is 1050 g/mol. The molecule has 0 amide bonds. The van der Waals surface area contributed by atoms with Crippen LogP contribution in [0.25, 0.3) is 0 Å². The minimum absolute atomic E-state index is 0.0656. The van der Waals surface area contributed by atoms with Crippen molar-refractivity contribution in [1.29, 1.82) is 0 Å². The highest BCUT2D eigenvalue weighted by Crippen LogP contribution is 2.18. The predicted octanol–water partition coefficient (Wildman–Crippen LogP) is 22.8. The standard InChI is InChI=1S/C69H128O6/c1-4-7-10-13-16-18-20-22-24-26-27-28-29-30-31-32-33-34-35-36-37-38-39-40-41-43-44-46-48-50-53-56-59-62-68(71)74-65-66(64-73-67(70)61-58-55-52-15-12-9-6-3)75-69(72)63-60-57-54-51-49-47-45-42-25-23-21-19-17-14-11-8-5-2/h20,22,26-27,29-30,66H,4-19,21,23-25,28,31-65H2,1-3H3/b22-20-,27-26-,30-29-. The third-order valence-corrected chi connectivity index (χ3v) is 15.1. The van der Waals surface area contributed by atoms with Crippen molar-refractivity contribution in [3.05, 3.63) is 36.5 Å². The first kappa shape index (κ1) is 72.6. The molecule has 0 rings (SSSR count). The number of unbranched alkanes of at least 4 members (excludes halogenated alkanes) is 45. The molecule has 0 aromatic rings. The van der Waals surface area contributed by atoms with Gasteiger partial charge in [0.25, 0.3) is 0 Å². The van der Waals surface area contributed by atoms with E-state index in [1.807, 2.05) is 0 Å². The van der Waals surface area contributed by atoms with Gasteiger partial charge in [0.2, 0.25) is 0 Å². The Labute approximate surface area is 467 Å². The van der Waals surface area contributed by atoms with Crippen LogP contribution in [0.4, 0.5) is 0 Å². The third kappa shape index (κ3) is 62.4. The zero-order valence-electron chi connectivity index (χ0n) is 50.6. The van der Waals surface area contributed by atoms with Gasteiger partial charge < -0.3 is 14.2 Å². The number of carbonyl (C=O) groups excluding carboxylic acids is 3. The number of hydrogen-bond acceptors (Lipinski definition) is 6. The maximum atomic E-state index is 12.8. The summed E-state index contributed by atoms with van der Waals surface area (Å²) in [5.74, 6) is -0.848. The zero-order valence-corrected chi connectivity index (χ0v) is 50.6. The second-order valence-electron chi connectivity index (χ2n) is 22.7. The molecule has 0 aliphatic heterocycles. The van der Waals surface area contributed by atoms with Gasteiger partial charge in [-0.3, -0.25) is 14.4 Å². The highest BCUT2D eigenvalue weighted by Gasteiger charge is 2.19. The quantitative estimate of drug-likeness (QED) is 0.0261. The Morgan fingerprint density at radius 2 is 0.480 bits per heavy atom. The van der Waals surface area contributed by atoms with Crippen molar-refractivity contribution in [2.24, 2.45) is 0 Å². The van der Waals surface area contributed by atoms with Crippen molar-refractivity contribution >= 4 is 17.9 Å². The minimum Gasteiger partial charge on any atom is -0.462 e. The maximum absolute atomic E-state index is 12.8. The summed E-state index contributed by atoms with van der Waals surface area (Å²) in [4.78, 5) is 38.1. The van der Waals surface area contributed by atoms with Crippen LogP contribution in [0.1, 0.15) is 367 Å². The summed E-state index contributed by atoms with van der Waals surface area (Å²) in [6, 6.07) is 0. The molecule has 0 bridgehead atoms. The predicted molar refractivity (Wildman–Crippen MR) is 326 cm³/mol. The van der Waals surface area contributed by atoms with Crippen LogP contribution >= 0.6 is 0 Å². The molecule has 440 valence electrons. The molecule has 0 spiro atoms. The summed E-state index contributed by atoms with van der Waals surface area (Å²) in [5, 5.41) is 0. The maximum Gasteiger partial charge on any atom is 0.306 e. The molecule has 0 aromatic carbocycles. The lowest BCUT2D eigenvalue weighted by Gasteiger charge is -2.18. The van der Waals surface area contributed by atoms with Gasteiger partial charge in [0, 0.05) is 19.3 Å². The first-order valence-electron chi connectivity index (χ1n) is 33.5. The number of allylic oxidation sites excluding steroid dienone is 6. The van der Waals surface area contributed by atoms with Crippen molar-refractivity contribution in [2.45, 2.75) is 374 Å². The van der Waals surface area contributed by atoms with Gasteiger partial charge in [0.05, 0.1) is 0 Å². The number of carbonyl (C=O) groups is 3. The Morgan fingerprint density at radius 3 is 0.747 bits per heavy atom. The van der Waals surface area contributed by atoms with Crippen molar-refractivity contribution in [3.63, 3.8) is 0 Å². The van der Waals surface area contributed by atoms with Gasteiger partial charge in [-0.1, -0.05) is 327 Å². The van der Waals surface area contributed by atoms with Gasteiger partial charge >= 0.3 is 17.9 Å². The topological polar surface area (TPSA) is 78.9 Å². The molecule has 0 saturated carbocycles. The normalized spacial score (nSPS) is 12.2. The number of esters is 3. The lowest BCUT2D eigenvalue weighted by Crippen LogP contribution is -2.30. The van der Waals surface area contributed by atoms with Crippen LogP contribution in [0.2, 0.25) is 0 Å². The van der Waals surface area contributed by atoms with E-state index >= 15 is 0 Å². The molecule has 0 heterocycles. The first-order chi connectivity index (χ1) is 37.0. The van der Waals surface area contributed by atoms with Gasteiger partial charge in [0.15, 0.2) is 6.10 Å². The van der Waals surface area contributed by atoms with Crippen molar-refractivity contribution in [1.82, 2.24) is 0 Å². The summed E-state index contributed by atoms with van der Waals surface area (Å²) in [6.45, 7) is 6.64. The smallest absolute Gasteiger partial charge is 0.306 e. The van der Waals surface area contributed by atoms with Crippen LogP contribution < -0.4 is 0 Å². The summed E-state index contributed by atoms with van der Waals surface area (Å²) >= 11 is 0. The van der Waals surface area contributed by atoms with Gasteiger partial charge in [-0.05, 0) is 57.8 Å². The van der Waals surface area contributed by atoms with E-state index in [-0.39, 0.29) is 31.1 Å². The van der Waals surface area contributed by atoms with E-state index in [0.29, 0.717) is 19.3 Å². The summed E-state index contributed by atoms with van der Waals surface area (Å²) in [5.41, 5.74) is 0. The fourth-order valence-corrected chi connectivity index (χ4v) is 10.1. The number of rotatable bonds is 62. The van der Waals surface area contributed by atoms with Crippen molar-refractivity contribution in [2.75, 3.05) is 13.2 Å². The number of hydrogen-bond donors (Lipinski definition) is 0. The summed E-state index contributed by atoms with van der Waals surface area (Å²) in [7, 11) is 0.